The van der Waals surface area contributed by atoms with Crippen LogP contribution in [0.2, 0.25) is 0 Å². The van der Waals surface area contributed by atoms with Gasteiger partial charge in [0, 0.05) is 16.3 Å². The Morgan fingerprint density at radius 1 is 1.19 bits per heavy atom. The van der Waals surface area contributed by atoms with Crippen molar-refractivity contribution in [1.29, 1.82) is 0 Å². The lowest BCUT2D eigenvalue weighted by atomic mass is 10.1. The molecule has 0 aliphatic carbocycles. The molecule has 0 radical (unpaired) electrons. The molecule has 84 valence electrons. The smallest absolute Gasteiger partial charge is 0.339 e. The van der Waals surface area contributed by atoms with Crippen molar-refractivity contribution in [2.45, 2.75) is 0 Å². The van der Waals surface area contributed by atoms with E-state index in [-0.39, 0.29) is 0 Å². The van der Waals surface area contributed by atoms with E-state index in [9.17, 15) is 9.59 Å². The second-order valence-corrected chi connectivity index (χ2v) is 6.35. The minimum atomic E-state index is -1.28. The molecule has 0 amide bonds. The summed E-state index contributed by atoms with van der Waals surface area (Å²) in [5.74, 6) is -1.82. The Hall–Kier alpha value is 0.290. The number of hydrogen-bond donors (Lipinski definition) is 1. The highest BCUT2D eigenvalue weighted by atomic mass is 127. The van der Waals surface area contributed by atoms with E-state index in [4.69, 9.17) is 5.11 Å². The van der Waals surface area contributed by atoms with E-state index < -0.39 is 17.3 Å². The molecule has 0 heterocycles. The normalized spacial score (nSPS) is 9.94. The fourth-order valence-corrected chi connectivity index (χ4v) is 3.38. The molecule has 0 fully saturated rings. The van der Waals surface area contributed by atoms with Crippen LogP contribution in [0.3, 0.4) is 0 Å². The number of rotatable bonds is 3. The molecule has 16 heavy (non-hydrogen) atoms. The average Bonchev–Trinajstić information content (AvgIpc) is 2.21. The van der Waals surface area contributed by atoms with Crippen LogP contribution in [0.15, 0.2) is 24.3 Å². The van der Waals surface area contributed by atoms with Crippen LogP contribution in [0.1, 0.15) is 10.4 Å². The molecule has 1 rings (SSSR count). The van der Waals surface area contributed by atoms with Gasteiger partial charge in [-0.2, -0.15) is 0 Å². The Bertz CT molecular complexity index is 494. The molecule has 0 saturated carbocycles. The van der Waals surface area contributed by atoms with Crippen LogP contribution >= 0.6 is 67.8 Å². The van der Waals surface area contributed by atoms with Gasteiger partial charge in [-0.1, -0.05) is 6.58 Å². The molecule has 0 aliphatic rings. The maximum Gasteiger partial charge on any atom is 0.339 e. The van der Waals surface area contributed by atoms with Gasteiger partial charge in [-0.25, -0.2) is 4.79 Å². The SMILES string of the molecule is C=C(C(=O)O)C(=O)c1cc(I)cc(I)c1I. The van der Waals surface area contributed by atoms with Crippen LogP contribution < -0.4 is 0 Å². The monoisotopic (exact) mass is 554 g/mol. The zero-order valence-corrected chi connectivity index (χ0v) is 14.2. The van der Waals surface area contributed by atoms with Crippen LogP contribution in [-0.4, -0.2) is 16.9 Å². The summed E-state index contributed by atoms with van der Waals surface area (Å²) in [4.78, 5) is 22.5. The summed E-state index contributed by atoms with van der Waals surface area (Å²) < 4.78 is 2.57. The van der Waals surface area contributed by atoms with Gasteiger partial charge in [0.05, 0.1) is 0 Å². The van der Waals surface area contributed by atoms with E-state index >= 15 is 0 Å². The van der Waals surface area contributed by atoms with Crippen molar-refractivity contribution in [3.05, 3.63) is 40.6 Å². The number of aliphatic carboxylic acids is 1. The number of ketones is 1. The lowest BCUT2D eigenvalue weighted by molar-refractivity contribution is -0.132. The average molecular weight is 554 g/mol. The highest BCUT2D eigenvalue weighted by Crippen LogP contribution is 2.24. The molecule has 1 N–H and O–H groups in total. The fraction of sp³-hybridized carbons (Fsp3) is 0. The third kappa shape index (κ3) is 3.15. The maximum absolute atomic E-state index is 11.8. The first-order valence-corrected chi connectivity index (χ1v) is 7.19. The predicted octanol–water partition coefficient (Wildman–Crippen LogP) is 3.32. The Morgan fingerprint density at radius 2 is 1.75 bits per heavy atom. The zero-order valence-electron chi connectivity index (χ0n) is 7.76. The van der Waals surface area contributed by atoms with Crippen molar-refractivity contribution in [2.75, 3.05) is 0 Å². The first kappa shape index (κ1) is 14.4. The van der Waals surface area contributed by atoms with Gasteiger partial charge < -0.3 is 5.11 Å². The summed E-state index contributed by atoms with van der Waals surface area (Å²) in [5.41, 5.74) is -0.0139. The van der Waals surface area contributed by atoms with E-state index in [2.05, 4.69) is 51.8 Å². The third-order valence-electron chi connectivity index (χ3n) is 1.77. The maximum atomic E-state index is 11.8. The lowest BCUT2D eigenvalue weighted by Crippen LogP contribution is -2.13. The van der Waals surface area contributed by atoms with Gasteiger partial charge in [0.15, 0.2) is 0 Å². The Kier molecular flexibility index (Phi) is 5.16. The largest absolute Gasteiger partial charge is 0.478 e. The zero-order chi connectivity index (χ0) is 12.5. The van der Waals surface area contributed by atoms with Crippen molar-refractivity contribution in [3.8, 4) is 0 Å². The minimum absolute atomic E-state index is 0.393. The molecule has 0 spiro atoms. The summed E-state index contributed by atoms with van der Waals surface area (Å²) >= 11 is 6.22. The number of carbonyl (C=O) groups excluding carboxylic acids is 1. The highest BCUT2D eigenvalue weighted by Gasteiger charge is 2.20. The molecule has 0 unspecified atom stereocenters. The number of Topliss-reactive ketones (excluding diaryl/α,β-unsaturated/α-hetero) is 1. The fourth-order valence-electron chi connectivity index (χ4n) is 0.981. The Labute approximate surface area is 133 Å². The van der Waals surface area contributed by atoms with E-state index in [0.717, 1.165) is 10.7 Å². The number of carboxylic acids is 1. The third-order valence-corrected chi connectivity index (χ3v) is 5.44. The van der Waals surface area contributed by atoms with Gasteiger partial charge in [-0.05, 0) is 79.9 Å². The Morgan fingerprint density at radius 3 is 2.25 bits per heavy atom. The van der Waals surface area contributed by atoms with E-state index in [1.165, 1.54) is 0 Å². The lowest BCUT2D eigenvalue weighted by Gasteiger charge is -2.06. The summed E-state index contributed by atoms with van der Waals surface area (Å²) in [5, 5.41) is 8.72. The quantitative estimate of drug-likeness (QED) is 0.156. The standard InChI is InChI=1S/C10H5I3O3/c1-4(10(15)16)9(14)6-2-5(11)3-7(12)8(6)13/h2-3H,1H2,(H,15,16). The molecule has 0 atom stereocenters. The second kappa shape index (κ2) is 5.76. The van der Waals surface area contributed by atoms with Crippen molar-refractivity contribution >= 4 is 79.5 Å². The summed E-state index contributed by atoms with van der Waals surface area (Å²) in [6.07, 6.45) is 0. The van der Waals surface area contributed by atoms with Crippen LogP contribution in [0.25, 0.3) is 0 Å². The van der Waals surface area contributed by atoms with Crippen molar-refractivity contribution in [1.82, 2.24) is 0 Å². The summed E-state index contributed by atoms with van der Waals surface area (Å²) in [7, 11) is 0. The van der Waals surface area contributed by atoms with Gasteiger partial charge in [-0.15, -0.1) is 0 Å². The molecule has 0 aliphatic heterocycles. The number of hydrogen-bond acceptors (Lipinski definition) is 2. The number of benzene rings is 1. The van der Waals surface area contributed by atoms with E-state index in [1.807, 2.05) is 28.7 Å². The first-order valence-electron chi connectivity index (χ1n) is 3.96. The number of carbonyl (C=O) groups is 2. The molecular weight excluding hydrogens is 549 g/mol. The van der Waals surface area contributed by atoms with Crippen LogP contribution in [0, 0.1) is 10.7 Å². The van der Waals surface area contributed by atoms with Gasteiger partial charge in [0.1, 0.15) is 5.57 Å². The number of carboxylic acid groups (broad SMARTS) is 1. The van der Waals surface area contributed by atoms with Crippen LogP contribution in [0.5, 0.6) is 0 Å². The molecular formula is C10H5I3O3. The number of halogens is 3. The van der Waals surface area contributed by atoms with Crippen LogP contribution in [0.4, 0.5) is 0 Å². The molecule has 1 aromatic rings. The van der Waals surface area contributed by atoms with Gasteiger partial charge >= 0.3 is 5.97 Å². The van der Waals surface area contributed by atoms with E-state index in [1.54, 1.807) is 6.07 Å². The molecule has 0 saturated heterocycles. The van der Waals surface area contributed by atoms with Gasteiger partial charge in [0.2, 0.25) is 5.78 Å². The van der Waals surface area contributed by atoms with E-state index in [0.29, 0.717) is 5.56 Å². The van der Waals surface area contributed by atoms with Crippen molar-refractivity contribution in [2.24, 2.45) is 0 Å². The second-order valence-electron chi connectivity index (χ2n) is 2.86. The van der Waals surface area contributed by atoms with Crippen LogP contribution in [-0.2, 0) is 4.79 Å². The molecule has 0 bridgehead atoms. The first-order chi connectivity index (χ1) is 7.34. The minimum Gasteiger partial charge on any atom is -0.478 e. The highest BCUT2D eigenvalue weighted by molar-refractivity contribution is 14.1. The molecule has 3 nitrogen and oxygen atoms in total. The van der Waals surface area contributed by atoms with Crippen molar-refractivity contribution in [3.63, 3.8) is 0 Å². The van der Waals surface area contributed by atoms with Gasteiger partial charge in [0.25, 0.3) is 0 Å². The van der Waals surface area contributed by atoms with Crippen molar-refractivity contribution < 1.29 is 14.7 Å². The molecule has 1 aromatic carbocycles. The predicted molar refractivity (Wildman–Crippen MR) is 85.7 cm³/mol. The van der Waals surface area contributed by atoms with Gasteiger partial charge in [-0.3, -0.25) is 4.79 Å². The summed E-state index contributed by atoms with van der Waals surface area (Å²) in [6, 6.07) is 3.59. The molecule has 6 heteroatoms. The Balaban J connectivity index is 3.29. The molecule has 0 aromatic heterocycles. The summed E-state index contributed by atoms with van der Waals surface area (Å²) in [6.45, 7) is 3.27. The topological polar surface area (TPSA) is 54.4 Å².